The number of ether oxygens (including phenoxy) is 8. The Morgan fingerprint density at radius 1 is 0.489 bits per heavy atom. The zero-order chi connectivity index (χ0) is 35.0. The molecule has 3 atom stereocenters. The summed E-state index contributed by atoms with van der Waals surface area (Å²) in [5.74, 6) is -1.45. The Labute approximate surface area is 274 Å². The van der Waals surface area contributed by atoms with Crippen LogP contribution in [0.1, 0.15) is 59.6 Å². The molecule has 2 aromatic rings. The molecule has 0 radical (unpaired) electrons. The highest BCUT2D eigenvalue weighted by atomic mass is 16.6. The van der Waals surface area contributed by atoms with Crippen molar-refractivity contribution in [2.24, 2.45) is 0 Å². The largest absolute Gasteiger partial charge is 0.491 e. The predicted octanol–water partition coefficient (Wildman–Crippen LogP) is 3.71. The second-order valence-electron chi connectivity index (χ2n) is 11.1. The van der Waals surface area contributed by atoms with Gasteiger partial charge in [-0.05, 0) is 35.4 Å². The molecule has 0 aromatic heterocycles. The summed E-state index contributed by atoms with van der Waals surface area (Å²) in [5.41, 5.74) is 1.64. The Kier molecular flexibility index (Phi) is 15.7. The maximum Gasteiger partial charge on any atom is 0.303 e. The van der Waals surface area contributed by atoms with Crippen LogP contribution < -0.4 is 9.47 Å². The van der Waals surface area contributed by atoms with Crippen molar-refractivity contribution < 1.29 is 61.9 Å². The molecule has 13 heteroatoms. The van der Waals surface area contributed by atoms with Crippen LogP contribution in [0.5, 0.6) is 11.5 Å². The summed E-state index contributed by atoms with van der Waals surface area (Å²) in [6.45, 7) is 9.99. The van der Waals surface area contributed by atoms with E-state index in [1.165, 1.54) is 34.6 Å². The fourth-order valence-electron chi connectivity index (χ4n) is 4.20. The van der Waals surface area contributed by atoms with Crippen molar-refractivity contribution >= 4 is 29.8 Å². The maximum absolute atomic E-state index is 11.4. The second kappa shape index (κ2) is 19.1. The lowest BCUT2D eigenvalue weighted by Crippen LogP contribution is -2.35. The molecule has 0 saturated heterocycles. The normalized spacial score (nSPS) is 12.9. The van der Waals surface area contributed by atoms with E-state index in [2.05, 4.69) is 13.8 Å². The van der Waals surface area contributed by atoms with Gasteiger partial charge in [0.15, 0.2) is 12.2 Å². The van der Waals surface area contributed by atoms with Crippen molar-refractivity contribution in [3.63, 3.8) is 0 Å². The first-order chi connectivity index (χ1) is 22.1. The van der Waals surface area contributed by atoms with Gasteiger partial charge in [-0.3, -0.25) is 24.0 Å². The van der Waals surface area contributed by atoms with E-state index in [0.29, 0.717) is 11.5 Å². The van der Waals surface area contributed by atoms with E-state index < -0.39 is 48.2 Å². The summed E-state index contributed by atoms with van der Waals surface area (Å²) in [6, 6.07) is 15.0. The van der Waals surface area contributed by atoms with Gasteiger partial charge in [0.05, 0.1) is 6.61 Å². The van der Waals surface area contributed by atoms with Crippen molar-refractivity contribution in [3.8, 4) is 11.5 Å². The SMILES string of the molecule is CC(=O)OCC(COc1ccc(C(C)(C)c2ccc(OCC(COC(C)=O)OC(C)=O)cc2)cc1)OCC(COC(C)=O)OC(C)=O. The predicted molar refractivity (Wildman–Crippen MR) is 167 cm³/mol. The average molecular weight is 661 g/mol. The van der Waals surface area contributed by atoms with E-state index in [9.17, 15) is 24.0 Å². The maximum atomic E-state index is 11.4. The van der Waals surface area contributed by atoms with E-state index in [4.69, 9.17) is 37.9 Å². The van der Waals surface area contributed by atoms with E-state index in [0.717, 1.165) is 11.1 Å². The molecule has 0 N–H and O–H groups in total. The first kappa shape index (κ1) is 38.5. The standard InChI is InChI=1S/C34H44O13/c1-22(35)40-16-31(45-21-33(47-26(5)39)19-42-24(3)37)17-43-29-12-8-27(9-13-29)34(6,7)28-10-14-30(15-11-28)44-20-32(46-25(4)38)18-41-23(2)36/h8-15,31-33H,16-21H2,1-7H3. The summed E-state index contributed by atoms with van der Waals surface area (Å²) in [4.78, 5) is 56.5. The number of benzene rings is 2. The van der Waals surface area contributed by atoms with E-state index >= 15 is 0 Å². The van der Waals surface area contributed by atoms with Gasteiger partial charge in [-0.1, -0.05) is 38.1 Å². The van der Waals surface area contributed by atoms with Crippen LogP contribution in [0.3, 0.4) is 0 Å². The van der Waals surface area contributed by atoms with Crippen LogP contribution in [0, 0.1) is 0 Å². The first-order valence-corrected chi connectivity index (χ1v) is 15.0. The smallest absolute Gasteiger partial charge is 0.303 e. The monoisotopic (exact) mass is 660 g/mol. The Bertz CT molecular complexity index is 1320. The minimum absolute atomic E-state index is 0.0187. The highest BCUT2D eigenvalue weighted by molar-refractivity contribution is 5.67. The molecule has 0 heterocycles. The van der Waals surface area contributed by atoms with E-state index in [1.54, 1.807) is 0 Å². The molecular formula is C34H44O13. The molecule has 2 rings (SSSR count). The molecule has 0 aliphatic heterocycles. The lowest BCUT2D eigenvalue weighted by molar-refractivity contribution is -0.164. The fourth-order valence-corrected chi connectivity index (χ4v) is 4.20. The van der Waals surface area contributed by atoms with Crippen LogP contribution in [0.2, 0.25) is 0 Å². The average Bonchev–Trinajstić information content (AvgIpc) is 3.00. The fraction of sp³-hybridized carbons (Fsp3) is 0.500. The lowest BCUT2D eigenvalue weighted by Gasteiger charge is -2.27. The van der Waals surface area contributed by atoms with Gasteiger partial charge in [-0.25, -0.2) is 0 Å². The minimum Gasteiger partial charge on any atom is -0.491 e. The van der Waals surface area contributed by atoms with Crippen molar-refractivity contribution in [2.75, 3.05) is 39.6 Å². The number of carbonyl (C=O) groups excluding carboxylic acids is 5. The molecule has 258 valence electrons. The van der Waals surface area contributed by atoms with Crippen LogP contribution in [-0.2, 0) is 57.8 Å². The van der Waals surface area contributed by atoms with Gasteiger partial charge in [0.1, 0.15) is 50.6 Å². The number of hydrogen-bond donors (Lipinski definition) is 0. The summed E-state index contributed by atoms with van der Waals surface area (Å²) < 4.78 is 42.8. The van der Waals surface area contributed by atoms with Crippen LogP contribution in [0.15, 0.2) is 48.5 Å². The third-order valence-corrected chi connectivity index (χ3v) is 6.62. The van der Waals surface area contributed by atoms with Gasteiger partial charge in [-0.15, -0.1) is 0 Å². The number of carbonyl (C=O) groups is 5. The van der Waals surface area contributed by atoms with Gasteiger partial charge in [0, 0.05) is 40.0 Å². The van der Waals surface area contributed by atoms with Crippen molar-refractivity contribution in [1.29, 1.82) is 0 Å². The molecular weight excluding hydrogens is 616 g/mol. The molecule has 0 spiro atoms. The Hall–Kier alpha value is -4.65. The molecule has 0 aliphatic carbocycles. The number of hydrogen-bond acceptors (Lipinski definition) is 13. The molecule has 47 heavy (non-hydrogen) atoms. The van der Waals surface area contributed by atoms with Crippen LogP contribution in [0.4, 0.5) is 0 Å². The quantitative estimate of drug-likeness (QED) is 0.159. The third-order valence-electron chi connectivity index (χ3n) is 6.62. The minimum atomic E-state index is -0.844. The van der Waals surface area contributed by atoms with Gasteiger partial charge in [0.2, 0.25) is 0 Å². The van der Waals surface area contributed by atoms with Gasteiger partial charge >= 0.3 is 29.8 Å². The molecule has 13 nitrogen and oxygen atoms in total. The summed E-state index contributed by atoms with van der Waals surface area (Å²) >= 11 is 0. The van der Waals surface area contributed by atoms with E-state index in [-0.39, 0.29) is 45.1 Å². The Balaban J connectivity index is 2.02. The van der Waals surface area contributed by atoms with Gasteiger partial charge in [-0.2, -0.15) is 0 Å². The van der Waals surface area contributed by atoms with Crippen molar-refractivity contribution in [3.05, 3.63) is 59.7 Å². The molecule has 3 unspecified atom stereocenters. The Morgan fingerprint density at radius 2 is 0.830 bits per heavy atom. The first-order valence-electron chi connectivity index (χ1n) is 15.0. The Morgan fingerprint density at radius 3 is 1.19 bits per heavy atom. The summed E-state index contributed by atoms with van der Waals surface area (Å²) in [6.07, 6.45) is -2.28. The molecule has 0 bridgehead atoms. The van der Waals surface area contributed by atoms with Crippen molar-refractivity contribution in [2.45, 2.75) is 72.2 Å². The molecule has 0 aliphatic rings. The molecule has 2 aromatic carbocycles. The molecule has 0 saturated carbocycles. The molecule has 0 amide bonds. The van der Waals surface area contributed by atoms with E-state index in [1.807, 2.05) is 48.5 Å². The molecule has 0 fully saturated rings. The zero-order valence-electron chi connectivity index (χ0n) is 27.9. The highest BCUT2D eigenvalue weighted by Crippen LogP contribution is 2.33. The highest BCUT2D eigenvalue weighted by Gasteiger charge is 2.24. The number of rotatable bonds is 19. The topological polar surface area (TPSA) is 159 Å². The number of esters is 5. The lowest BCUT2D eigenvalue weighted by atomic mass is 9.78. The third kappa shape index (κ3) is 15.0. The van der Waals surface area contributed by atoms with Crippen LogP contribution >= 0.6 is 0 Å². The van der Waals surface area contributed by atoms with Gasteiger partial charge < -0.3 is 37.9 Å². The van der Waals surface area contributed by atoms with Crippen LogP contribution in [0.25, 0.3) is 0 Å². The zero-order valence-corrected chi connectivity index (χ0v) is 27.9. The van der Waals surface area contributed by atoms with Gasteiger partial charge in [0.25, 0.3) is 0 Å². The van der Waals surface area contributed by atoms with Crippen molar-refractivity contribution in [1.82, 2.24) is 0 Å². The van der Waals surface area contributed by atoms with Crippen LogP contribution in [-0.4, -0.2) is 87.8 Å². The summed E-state index contributed by atoms with van der Waals surface area (Å²) in [5, 5.41) is 0. The second-order valence-corrected chi connectivity index (χ2v) is 11.1. The summed E-state index contributed by atoms with van der Waals surface area (Å²) in [7, 11) is 0.